The molecule has 0 unspecified atom stereocenters. The van der Waals surface area contributed by atoms with Crippen LogP contribution in [0, 0.1) is 101 Å². The Kier molecular flexibility index (Phi) is 12.3. The van der Waals surface area contributed by atoms with Crippen LogP contribution < -0.4 is 0 Å². The lowest BCUT2D eigenvalue weighted by Gasteiger charge is -2.19. The van der Waals surface area contributed by atoms with Gasteiger partial charge in [-0.15, -0.1) is 0 Å². The number of aryl methyl sites for hydroxylation is 1. The lowest BCUT2D eigenvalue weighted by molar-refractivity contribution is 1.12. The van der Waals surface area contributed by atoms with Gasteiger partial charge in [-0.3, -0.25) is 0 Å². The number of nitriles is 6. The van der Waals surface area contributed by atoms with Crippen LogP contribution in [0.25, 0.3) is 130 Å². The topological polar surface area (TPSA) is 170 Å². The van der Waals surface area contributed by atoms with Crippen molar-refractivity contribution in [3.05, 3.63) is 261 Å². The average molecular weight is 1050 g/mol. The molecule has 0 aliphatic heterocycles. The molecule has 0 bridgehead atoms. The Morgan fingerprint density at radius 3 is 1.19 bits per heavy atom. The van der Waals surface area contributed by atoms with Gasteiger partial charge in [-0.05, 0) is 147 Å². The van der Waals surface area contributed by atoms with E-state index >= 15 is 0 Å². The van der Waals surface area contributed by atoms with Crippen LogP contribution in [-0.4, -0.2) is 9.13 Å². The summed E-state index contributed by atoms with van der Waals surface area (Å²) in [4.78, 5) is 14.8. The molecule has 0 saturated heterocycles. The molecule has 0 radical (unpaired) electrons. The van der Waals surface area contributed by atoms with Gasteiger partial charge >= 0.3 is 0 Å². The predicted octanol–water partition coefficient (Wildman–Crippen LogP) is 18.0. The van der Waals surface area contributed by atoms with Crippen LogP contribution in [0.2, 0.25) is 0 Å². The van der Waals surface area contributed by atoms with Gasteiger partial charge in [0.15, 0.2) is 22.7 Å². The highest BCUT2D eigenvalue weighted by Gasteiger charge is 2.26. The Morgan fingerprint density at radius 1 is 0.325 bits per heavy atom. The van der Waals surface area contributed by atoms with Crippen molar-refractivity contribution in [2.45, 2.75) is 6.92 Å². The minimum absolute atomic E-state index is 0.213. The van der Waals surface area contributed by atoms with E-state index in [1.165, 1.54) is 0 Å². The van der Waals surface area contributed by atoms with Gasteiger partial charge in [0, 0.05) is 32.7 Å². The molecule has 0 fully saturated rings. The Morgan fingerprint density at radius 2 is 0.735 bits per heavy atom. The van der Waals surface area contributed by atoms with Crippen LogP contribution in [0.3, 0.4) is 0 Å². The molecule has 0 aliphatic rings. The van der Waals surface area contributed by atoms with Gasteiger partial charge in [-0.2, -0.15) is 31.6 Å². The molecule has 12 aromatic rings. The van der Waals surface area contributed by atoms with Crippen LogP contribution in [0.1, 0.15) is 38.9 Å². The molecule has 0 saturated carbocycles. The molecular formula is C71H32N12. The van der Waals surface area contributed by atoms with Crippen LogP contribution in [0.5, 0.6) is 0 Å². The number of fused-ring (bicyclic) bond motifs is 6. The van der Waals surface area contributed by atoms with Crippen molar-refractivity contribution < 1.29 is 0 Å². The van der Waals surface area contributed by atoms with Gasteiger partial charge in [-0.1, -0.05) is 97.1 Å². The van der Waals surface area contributed by atoms with Gasteiger partial charge in [0.2, 0.25) is 0 Å². The minimum atomic E-state index is 0.213. The SMILES string of the molecule is [C-]#[N+]c1ccc(-c2ccc3c4ccc(-c5ccc(C#N)cc5C#N)cc4n(-c4cc(-c5cc(C)cc(C#N)c5)cc(-n5c6cc(-c7ccc(C#N)cc7[N+]#[C-])ccc6c6ccc(-c7ccc([N+]#[C-])cc7[N+]#[C-])cc65)c4C#N)c3c2)c(C#N)c1. The average Bonchev–Trinajstić information content (AvgIpc) is 3.97. The molecule has 10 aromatic carbocycles. The summed E-state index contributed by atoms with van der Waals surface area (Å²) in [7, 11) is 0. The van der Waals surface area contributed by atoms with Crippen molar-refractivity contribution >= 4 is 66.4 Å². The minimum Gasteiger partial charge on any atom is -0.308 e. The van der Waals surface area contributed by atoms with E-state index in [-0.39, 0.29) is 22.5 Å². The van der Waals surface area contributed by atoms with Crippen molar-refractivity contribution in [3.63, 3.8) is 0 Å². The number of hydrogen-bond donors (Lipinski definition) is 0. The van der Waals surface area contributed by atoms with Crippen molar-refractivity contribution in [3.8, 4) is 103 Å². The molecule has 0 spiro atoms. The first-order valence-electron chi connectivity index (χ1n) is 25.5. The number of hydrogen-bond acceptors (Lipinski definition) is 6. The van der Waals surface area contributed by atoms with Crippen molar-refractivity contribution in [2.24, 2.45) is 0 Å². The molecule has 0 amide bonds. The van der Waals surface area contributed by atoms with Crippen LogP contribution in [0.15, 0.2) is 176 Å². The zero-order valence-electron chi connectivity index (χ0n) is 43.6. The molecular weight excluding hydrogens is 1020 g/mol. The lowest BCUT2D eigenvalue weighted by Crippen LogP contribution is -2.06. The summed E-state index contributed by atoms with van der Waals surface area (Å²) in [6.45, 7) is 33.6. The summed E-state index contributed by atoms with van der Waals surface area (Å²) in [5.41, 5.74) is 13.6. The van der Waals surface area contributed by atoms with Crippen molar-refractivity contribution in [2.75, 3.05) is 0 Å². The van der Waals surface area contributed by atoms with Crippen LogP contribution in [0.4, 0.5) is 22.7 Å². The quantitative estimate of drug-likeness (QED) is 0.144. The van der Waals surface area contributed by atoms with Gasteiger partial charge in [0.1, 0.15) is 11.6 Å². The maximum atomic E-state index is 12.1. The molecule has 2 heterocycles. The van der Waals surface area contributed by atoms with Crippen molar-refractivity contribution in [1.82, 2.24) is 9.13 Å². The first-order chi connectivity index (χ1) is 40.5. The highest BCUT2D eigenvalue weighted by Crippen LogP contribution is 2.46. The number of nitrogens with zero attached hydrogens (tertiary/aromatic N) is 12. The Bertz CT molecular complexity index is 4810. The molecule has 12 heteroatoms. The zero-order chi connectivity index (χ0) is 57.6. The van der Waals surface area contributed by atoms with Gasteiger partial charge in [0.25, 0.3) is 0 Å². The maximum Gasteiger partial charge on any atom is 0.196 e. The molecule has 12 nitrogen and oxygen atoms in total. The Labute approximate surface area is 475 Å². The maximum absolute atomic E-state index is 12.1. The molecule has 0 N–H and O–H groups in total. The molecule has 2 aromatic heterocycles. The number of rotatable bonds is 7. The second kappa shape index (κ2) is 20.2. The van der Waals surface area contributed by atoms with E-state index in [0.29, 0.717) is 123 Å². The van der Waals surface area contributed by atoms with Gasteiger partial charge in [-0.25, -0.2) is 19.4 Å². The van der Waals surface area contributed by atoms with Gasteiger partial charge < -0.3 is 9.13 Å². The van der Waals surface area contributed by atoms with E-state index in [1.807, 2.05) is 107 Å². The van der Waals surface area contributed by atoms with E-state index in [9.17, 15) is 31.6 Å². The van der Waals surface area contributed by atoms with E-state index < -0.39 is 0 Å². The zero-order valence-corrected chi connectivity index (χ0v) is 43.6. The molecule has 0 aliphatic carbocycles. The summed E-state index contributed by atoms with van der Waals surface area (Å²) in [6.07, 6.45) is 0. The fourth-order valence-corrected chi connectivity index (χ4v) is 11.3. The van der Waals surface area contributed by atoms with Crippen LogP contribution in [-0.2, 0) is 0 Å². The van der Waals surface area contributed by atoms with Crippen LogP contribution >= 0.6 is 0 Å². The summed E-state index contributed by atoms with van der Waals surface area (Å²) < 4.78 is 4.01. The summed E-state index contributed by atoms with van der Waals surface area (Å²) >= 11 is 0. The molecule has 12 rings (SSSR count). The lowest BCUT2D eigenvalue weighted by atomic mass is 9.96. The van der Waals surface area contributed by atoms with E-state index in [4.69, 9.17) is 26.3 Å². The van der Waals surface area contributed by atoms with E-state index in [0.717, 1.165) is 27.1 Å². The Balaban J connectivity index is 1.26. The fourth-order valence-electron chi connectivity index (χ4n) is 11.3. The van der Waals surface area contributed by atoms with Crippen molar-refractivity contribution in [1.29, 1.82) is 31.6 Å². The van der Waals surface area contributed by atoms with Gasteiger partial charge in [0.05, 0.1) is 107 Å². The standard InChI is InChI=1S/C71H32N12/c1-41-22-44(37-74)25-49(23-41)50-32-70(82-66-28-45(55-14-6-42(35-72)24-51(55)38-75)8-16-59(66)60-17-9-46(29-67(60)82)56-20-12-53(78-2)27-52(56)39-76)63(40-77)71(33-50)83-68-30-47(57-15-7-43(36-73)26-64(57)80-4)10-18-61(68)62-19-11-48(31-69(62)83)58-21-13-54(79-3)34-65(58)81-5/h6-34H,1H3. The fraction of sp³-hybridized carbons (Fsp3) is 0.0141. The first-order valence-corrected chi connectivity index (χ1v) is 25.5. The number of aromatic nitrogens is 2. The predicted molar refractivity (Wildman–Crippen MR) is 320 cm³/mol. The third-order valence-electron chi connectivity index (χ3n) is 15.0. The number of benzene rings is 10. The normalized spacial score (nSPS) is 10.6. The second-order valence-electron chi connectivity index (χ2n) is 19.6. The third-order valence-corrected chi connectivity index (χ3v) is 15.0. The first kappa shape index (κ1) is 50.5. The summed E-state index contributed by atoms with van der Waals surface area (Å²) in [6, 6.07) is 66.4. The largest absolute Gasteiger partial charge is 0.308 e. The molecule has 376 valence electrons. The Hall–Kier alpha value is -13.3. The summed E-state index contributed by atoms with van der Waals surface area (Å²) in [5, 5.41) is 66.2. The highest BCUT2D eigenvalue weighted by atomic mass is 15.0. The second-order valence-corrected chi connectivity index (χ2v) is 19.6. The smallest absolute Gasteiger partial charge is 0.196 e. The monoisotopic (exact) mass is 1050 g/mol. The van der Waals surface area contributed by atoms with E-state index in [1.54, 1.807) is 84.9 Å². The highest BCUT2D eigenvalue weighted by molar-refractivity contribution is 6.14. The third kappa shape index (κ3) is 8.40. The molecule has 83 heavy (non-hydrogen) atoms. The summed E-state index contributed by atoms with van der Waals surface area (Å²) in [5.74, 6) is 0. The van der Waals surface area contributed by atoms with E-state index in [2.05, 4.69) is 55.8 Å². The molecule has 0 atom stereocenters.